The maximum atomic E-state index is 11.3. The first kappa shape index (κ1) is 11.1. The third kappa shape index (κ3) is 2.77. The van der Waals surface area contributed by atoms with Crippen molar-refractivity contribution < 1.29 is 14.0 Å². The van der Waals surface area contributed by atoms with Gasteiger partial charge in [0.05, 0.1) is 5.69 Å². The van der Waals surface area contributed by atoms with E-state index >= 15 is 0 Å². The fourth-order valence-electron chi connectivity index (χ4n) is 0.885. The molecule has 0 spiro atoms. The van der Waals surface area contributed by atoms with Gasteiger partial charge in [0.25, 0.3) is 0 Å². The fraction of sp³-hybridized carbons (Fsp3) is 0.222. The Hall–Kier alpha value is -0.960. The van der Waals surface area contributed by atoms with Gasteiger partial charge in [0.1, 0.15) is 5.45 Å². The molecule has 0 amide bonds. The maximum absolute atomic E-state index is 11.3. The van der Waals surface area contributed by atoms with Crippen molar-refractivity contribution >= 4 is 18.7 Å². The van der Waals surface area contributed by atoms with E-state index in [2.05, 4.69) is 9.52 Å². The predicted octanol–water partition coefficient (Wildman–Crippen LogP) is 2.57. The van der Waals surface area contributed by atoms with Crippen LogP contribution in [0.3, 0.4) is 0 Å². The monoisotopic (exact) mass is 213 g/mol. The van der Waals surface area contributed by atoms with Crippen LogP contribution in [0.15, 0.2) is 35.3 Å². The molecule has 0 aliphatic rings. The highest BCUT2D eigenvalue weighted by molar-refractivity contribution is 7.71. The van der Waals surface area contributed by atoms with Crippen molar-refractivity contribution in [1.29, 1.82) is 0 Å². The van der Waals surface area contributed by atoms with E-state index in [1.807, 2.05) is 6.07 Å². The summed E-state index contributed by atoms with van der Waals surface area (Å²) >= 11 is 0. The van der Waals surface area contributed by atoms with Crippen LogP contribution >= 0.6 is 7.60 Å². The van der Waals surface area contributed by atoms with E-state index < -0.39 is 7.60 Å². The van der Waals surface area contributed by atoms with E-state index in [9.17, 15) is 9.46 Å². The van der Waals surface area contributed by atoms with Gasteiger partial charge >= 0.3 is 7.60 Å². The highest BCUT2D eigenvalue weighted by Gasteiger charge is 2.21. The first-order chi connectivity index (χ1) is 6.56. The van der Waals surface area contributed by atoms with Gasteiger partial charge in [-0.1, -0.05) is 18.2 Å². The summed E-state index contributed by atoms with van der Waals surface area (Å²) in [6.45, 7) is 1.47. The lowest BCUT2D eigenvalue weighted by molar-refractivity contribution is 0.331. The summed E-state index contributed by atoms with van der Waals surface area (Å²) in [5.41, 5.74) is 0.725. The lowest BCUT2D eigenvalue weighted by atomic mass is 10.3. The summed E-state index contributed by atoms with van der Waals surface area (Å²) in [5.74, 6) is 0. The Bertz CT molecular complexity index is 375. The second kappa shape index (κ2) is 4.51. The molecule has 1 aromatic rings. The number of benzene rings is 1. The van der Waals surface area contributed by atoms with E-state index in [-0.39, 0.29) is 5.45 Å². The van der Waals surface area contributed by atoms with Gasteiger partial charge in [0.15, 0.2) is 0 Å². The molecule has 0 fully saturated rings. The number of rotatable bonds is 3. The Morgan fingerprint density at radius 1 is 1.43 bits per heavy atom. The zero-order valence-corrected chi connectivity index (χ0v) is 8.94. The van der Waals surface area contributed by atoms with Crippen LogP contribution in [0.25, 0.3) is 0 Å². The highest BCUT2D eigenvalue weighted by Crippen LogP contribution is 2.43. The van der Waals surface area contributed by atoms with Crippen LogP contribution in [0.2, 0.25) is 0 Å². The molecule has 1 rings (SSSR count). The molecule has 0 radical (unpaired) electrons. The van der Waals surface area contributed by atoms with E-state index in [4.69, 9.17) is 0 Å². The summed E-state index contributed by atoms with van der Waals surface area (Å²) < 4.78 is 15.7. The number of nitrogens with zero attached hydrogens (tertiary/aromatic N) is 1. The summed E-state index contributed by atoms with van der Waals surface area (Å²) in [4.78, 5) is 13.2. The molecule has 0 heterocycles. The first-order valence-corrected chi connectivity index (χ1v) is 5.63. The van der Waals surface area contributed by atoms with Crippen molar-refractivity contribution in [3.05, 3.63) is 30.3 Å². The van der Waals surface area contributed by atoms with Crippen molar-refractivity contribution in [2.45, 2.75) is 6.92 Å². The standard InChI is InChI=1S/C9H12NO3P/c1-8(14(11,12)13-2)10-9-6-4-3-5-7-9/h3-7H,1-2H3,(H,11,12). The highest BCUT2D eigenvalue weighted by atomic mass is 31.2. The number of aliphatic imine (C=N–C) groups is 1. The quantitative estimate of drug-likeness (QED) is 0.620. The van der Waals surface area contributed by atoms with E-state index in [0.29, 0.717) is 5.69 Å². The van der Waals surface area contributed by atoms with Gasteiger partial charge in [-0.3, -0.25) is 4.57 Å². The number of hydrogen-bond acceptors (Lipinski definition) is 3. The second-order valence-corrected chi connectivity index (χ2v) is 4.75. The van der Waals surface area contributed by atoms with Gasteiger partial charge in [-0.2, -0.15) is 0 Å². The van der Waals surface area contributed by atoms with Crippen molar-refractivity contribution in [3.8, 4) is 0 Å². The van der Waals surface area contributed by atoms with Crippen molar-refractivity contribution in [2.75, 3.05) is 7.11 Å². The molecule has 0 saturated heterocycles. The maximum Gasteiger partial charge on any atom is 0.372 e. The van der Waals surface area contributed by atoms with Crippen LogP contribution < -0.4 is 0 Å². The molecular weight excluding hydrogens is 201 g/mol. The molecule has 1 N–H and O–H groups in total. The number of para-hydroxylation sites is 1. The number of hydrogen-bond donors (Lipinski definition) is 1. The molecule has 0 aromatic heterocycles. The molecule has 0 aliphatic heterocycles. The average molecular weight is 213 g/mol. The van der Waals surface area contributed by atoms with Crippen LogP contribution in [0.5, 0.6) is 0 Å². The Balaban J connectivity index is 2.96. The van der Waals surface area contributed by atoms with Gasteiger partial charge < -0.3 is 9.42 Å². The lowest BCUT2D eigenvalue weighted by Crippen LogP contribution is -1.95. The minimum Gasteiger partial charge on any atom is -0.320 e. The third-order valence-corrected chi connectivity index (χ3v) is 3.12. The van der Waals surface area contributed by atoms with Crippen LogP contribution in [-0.2, 0) is 9.09 Å². The molecule has 4 nitrogen and oxygen atoms in total. The zero-order valence-electron chi connectivity index (χ0n) is 8.04. The molecule has 0 bridgehead atoms. The van der Waals surface area contributed by atoms with Crippen molar-refractivity contribution in [3.63, 3.8) is 0 Å². The van der Waals surface area contributed by atoms with Gasteiger partial charge in [0, 0.05) is 7.11 Å². The zero-order chi connectivity index (χ0) is 10.6. The lowest BCUT2D eigenvalue weighted by Gasteiger charge is -2.07. The van der Waals surface area contributed by atoms with Crippen molar-refractivity contribution in [2.24, 2.45) is 4.99 Å². The molecule has 0 aliphatic carbocycles. The predicted molar refractivity (Wildman–Crippen MR) is 56.0 cm³/mol. The minimum absolute atomic E-state index is 0.0891. The van der Waals surface area contributed by atoms with E-state index in [1.54, 1.807) is 24.3 Å². The molecule has 76 valence electrons. The summed E-state index contributed by atoms with van der Waals surface area (Å²) in [5, 5.41) is 0. The van der Waals surface area contributed by atoms with Gasteiger partial charge in [-0.05, 0) is 19.1 Å². The van der Waals surface area contributed by atoms with Crippen LogP contribution in [-0.4, -0.2) is 17.5 Å². The fourth-order valence-corrected chi connectivity index (χ4v) is 1.39. The second-order valence-electron chi connectivity index (χ2n) is 2.70. The Morgan fingerprint density at radius 3 is 2.50 bits per heavy atom. The molecule has 1 unspecified atom stereocenters. The molecular formula is C9H12NO3P. The van der Waals surface area contributed by atoms with E-state index in [1.165, 1.54) is 14.0 Å². The van der Waals surface area contributed by atoms with Gasteiger partial charge in [-0.15, -0.1) is 0 Å². The molecule has 0 saturated carbocycles. The van der Waals surface area contributed by atoms with Crippen molar-refractivity contribution in [1.82, 2.24) is 0 Å². The SMILES string of the molecule is COP(=O)(O)C(C)=Nc1ccccc1. The Morgan fingerprint density at radius 2 is 2.00 bits per heavy atom. The largest absolute Gasteiger partial charge is 0.372 e. The first-order valence-electron chi connectivity index (χ1n) is 4.05. The topological polar surface area (TPSA) is 58.9 Å². The summed E-state index contributed by atoms with van der Waals surface area (Å²) in [7, 11) is -2.49. The normalized spacial score (nSPS) is 16.4. The Kier molecular flexibility index (Phi) is 3.58. The van der Waals surface area contributed by atoms with Crippen LogP contribution in [0.1, 0.15) is 6.92 Å². The van der Waals surface area contributed by atoms with Crippen LogP contribution in [0, 0.1) is 0 Å². The van der Waals surface area contributed by atoms with E-state index in [0.717, 1.165) is 0 Å². The smallest absolute Gasteiger partial charge is 0.320 e. The molecule has 1 atom stereocenters. The molecule has 5 heteroatoms. The van der Waals surface area contributed by atoms with Gasteiger partial charge in [-0.25, -0.2) is 4.99 Å². The summed E-state index contributed by atoms with van der Waals surface area (Å²) in [6, 6.07) is 8.96. The third-order valence-electron chi connectivity index (χ3n) is 1.70. The minimum atomic E-state index is -3.68. The Labute approximate surface area is 82.8 Å². The summed E-state index contributed by atoms with van der Waals surface area (Å²) in [6.07, 6.45) is 0. The molecule has 14 heavy (non-hydrogen) atoms. The average Bonchev–Trinajstić information content (AvgIpc) is 2.19. The van der Waals surface area contributed by atoms with Crippen LogP contribution in [0.4, 0.5) is 5.69 Å². The van der Waals surface area contributed by atoms with Gasteiger partial charge in [0.2, 0.25) is 0 Å². The molecule has 1 aromatic carbocycles.